The third-order valence-corrected chi connectivity index (χ3v) is 2.82. The first-order valence-corrected chi connectivity index (χ1v) is 7.27. The summed E-state index contributed by atoms with van der Waals surface area (Å²) in [6.45, 7) is 9.34. The lowest BCUT2D eigenvalue weighted by molar-refractivity contribution is -0.145. The standard InChI is InChI=1S/C14H28N2O5/c1-5-20-9-7-16(8-10-21-6-2)11-13(14(18)19-4)15-12(3)17/h13H,5-11H2,1-4H3,(H,15,17). The van der Waals surface area contributed by atoms with Crippen LogP contribution in [0.3, 0.4) is 0 Å². The Kier molecular flexibility index (Phi) is 11.8. The van der Waals surface area contributed by atoms with Crippen molar-refractivity contribution in [2.75, 3.05) is 53.2 Å². The fraction of sp³-hybridized carbons (Fsp3) is 0.857. The van der Waals surface area contributed by atoms with Crippen LogP contribution in [0.2, 0.25) is 0 Å². The van der Waals surface area contributed by atoms with Crippen molar-refractivity contribution in [3.63, 3.8) is 0 Å². The molecular weight excluding hydrogens is 276 g/mol. The summed E-state index contributed by atoms with van der Waals surface area (Å²) in [7, 11) is 1.31. The van der Waals surface area contributed by atoms with Gasteiger partial charge in [-0.05, 0) is 13.8 Å². The second kappa shape index (κ2) is 12.6. The fourth-order valence-corrected chi connectivity index (χ4v) is 1.80. The van der Waals surface area contributed by atoms with Gasteiger partial charge in [0, 0.05) is 39.8 Å². The van der Waals surface area contributed by atoms with E-state index in [2.05, 4.69) is 5.32 Å². The van der Waals surface area contributed by atoms with E-state index in [0.717, 1.165) is 0 Å². The number of carbonyl (C=O) groups is 2. The van der Waals surface area contributed by atoms with E-state index in [1.165, 1.54) is 14.0 Å². The first kappa shape index (κ1) is 19.8. The number of amides is 1. The molecule has 1 atom stereocenters. The lowest BCUT2D eigenvalue weighted by atomic mass is 10.2. The second-order valence-electron chi connectivity index (χ2n) is 4.47. The van der Waals surface area contributed by atoms with Crippen molar-refractivity contribution in [1.29, 1.82) is 0 Å². The molecule has 7 nitrogen and oxygen atoms in total. The number of ether oxygens (including phenoxy) is 3. The van der Waals surface area contributed by atoms with Crippen LogP contribution in [0.15, 0.2) is 0 Å². The number of hydrogen-bond donors (Lipinski definition) is 1. The van der Waals surface area contributed by atoms with Gasteiger partial charge in [0.25, 0.3) is 0 Å². The van der Waals surface area contributed by atoms with Crippen molar-refractivity contribution in [1.82, 2.24) is 10.2 Å². The monoisotopic (exact) mass is 304 g/mol. The van der Waals surface area contributed by atoms with Gasteiger partial charge in [-0.2, -0.15) is 0 Å². The van der Waals surface area contributed by atoms with Gasteiger partial charge >= 0.3 is 5.97 Å². The van der Waals surface area contributed by atoms with E-state index in [9.17, 15) is 9.59 Å². The van der Waals surface area contributed by atoms with Crippen LogP contribution in [0.25, 0.3) is 0 Å². The Balaban J connectivity index is 4.52. The van der Waals surface area contributed by atoms with Gasteiger partial charge in [-0.25, -0.2) is 4.79 Å². The van der Waals surface area contributed by atoms with Crippen LogP contribution in [0, 0.1) is 0 Å². The number of carbonyl (C=O) groups excluding carboxylic acids is 2. The molecule has 124 valence electrons. The second-order valence-corrected chi connectivity index (χ2v) is 4.47. The van der Waals surface area contributed by atoms with Gasteiger partial charge in [0.2, 0.25) is 5.91 Å². The number of hydrogen-bond acceptors (Lipinski definition) is 6. The molecule has 1 amide bonds. The molecular formula is C14H28N2O5. The van der Waals surface area contributed by atoms with E-state index < -0.39 is 12.0 Å². The molecule has 0 aliphatic rings. The van der Waals surface area contributed by atoms with Crippen molar-refractivity contribution in [3.05, 3.63) is 0 Å². The molecule has 0 rings (SSSR count). The highest BCUT2D eigenvalue weighted by molar-refractivity contribution is 5.83. The summed E-state index contributed by atoms with van der Waals surface area (Å²) >= 11 is 0. The average molecular weight is 304 g/mol. The van der Waals surface area contributed by atoms with Gasteiger partial charge in [-0.15, -0.1) is 0 Å². The van der Waals surface area contributed by atoms with Crippen molar-refractivity contribution in [3.8, 4) is 0 Å². The highest BCUT2D eigenvalue weighted by atomic mass is 16.5. The van der Waals surface area contributed by atoms with Crippen LogP contribution < -0.4 is 5.32 Å². The van der Waals surface area contributed by atoms with Crippen LogP contribution in [-0.4, -0.2) is 76.0 Å². The largest absolute Gasteiger partial charge is 0.467 e. The Morgan fingerprint density at radius 2 is 1.62 bits per heavy atom. The van der Waals surface area contributed by atoms with Gasteiger partial charge in [-0.1, -0.05) is 0 Å². The van der Waals surface area contributed by atoms with Gasteiger partial charge in [-0.3, -0.25) is 9.69 Å². The van der Waals surface area contributed by atoms with Crippen molar-refractivity contribution < 1.29 is 23.8 Å². The number of methoxy groups -OCH3 is 1. The smallest absolute Gasteiger partial charge is 0.329 e. The quantitative estimate of drug-likeness (QED) is 0.405. The molecule has 0 aliphatic carbocycles. The SMILES string of the molecule is CCOCCN(CCOCC)CC(NC(C)=O)C(=O)OC. The molecule has 0 saturated carbocycles. The summed E-state index contributed by atoms with van der Waals surface area (Å²) in [5.41, 5.74) is 0. The number of nitrogens with one attached hydrogen (secondary N) is 1. The maximum Gasteiger partial charge on any atom is 0.329 e. The van der Waals surface area contributed by atoms with Gasteiger partial charge < -0.3 is 19.5 Å². The molecule has 0 saturated heterocycles. The molecule has 1 unspecified atom stereocenters. The zero-order valence-electron chi connectivity index (χ0n) is 13.5. The Labute approximate surface area is 126 Å². The average Bonchev–Trinajstić information content (AvgIpc) is 2.45. The Morgan fingerprint density at radius 3 is 2.00 bits per heavy atom. The third-order valence-electron chi connectivity index (χ3n) is 2.82. The highest BCUT2D eigenvalue weighted by Gasteiger charge is 2.23. The zero-order chi connectivity index (χ0) is 16.1. The first-order valence-electron chi connectivity index (χ1n) is 7.27. The van der Waals surface area contributed by atoms with Crippen molar-refractivity contribution >= 4 is 11.9 Å². The summed E-state index contributed by atoms with van der Waals surface area (Å²) in [5.74, 6) is -0.719. The molecule has 0 heterocycles. The van der Waals surface area contributed by atoms with E-state index in [-0.39, 0.29) is 5.91 Å². The lowest BCUT2D eigenvalue weighted by Crippen LogP contribution is -2.49. The zero-order valence-corrected chi connectivity index (χ0v) is 13.5. The summed E-state index contributed by atoms with van der Waals surface area (Å²) in [4.78, 5) is 24.9. The highest BCUT2D eigenvalue weighted by Crippen LogP contribution is 1.97. The Hall–Kier alpha value is -1.18. The molecule has 0 aromatic heterocycles. The number of nitrogens with zero attached hydrogens (tertiary/aromatic N) is 1. The minimum atomic E-state index is -0.684. The van der Waals surface area contributed by atoms with E-state index >= 15 is 0 Å². The number of esters is 1. The molecule has 7 heteroatoms. The maximum absolute atomic E-state index is 11.7. The Bertz CT molecular complexity index is 289. The summed E-state index contributed by atoms with van der Waals surface area (Å²) in [5, 5.41) is 2.61. The molecule has 0 fully saturated rings. The third kappa shape index (κ3) is 10.2. The van der Waals surface area contributed by atoms with Crippen LogP contribution in [0.1, 0.15) is 20.8 Å². The molecule has 0 radical (unpaired) electrons. The van der Waals surface area contributed by atoms with E-state index in [4.69, 9.17) is 14.2 Å². The molecule has 0 aromatic carbocycles. The van der Waals surface area contributed by atoms with Crippen molar-refractivity contribution in [2.24, 2.45) is 0 Å². The van der Waals surface area contributed by atoms with Crippen LogP contribution in [0.4, 0.5) is 0 Å². The first-order chi connectivity index (χ1) is 10.0. The molecule has 0 spiro atoms. The molecule has 0 bridgehead atoms. The molecule has 0 aromatic rings. The van der Waals surface area contributed by atoms with E-state index in [1.807, 2.05) is 18.7 Å². The normalized spacial score (nSPS) is 12.2. The van der Waals surface area contributed by atoms with E-state index in [0.29, 0.717) is 46.1 Å². The molecule has 21 heavy (non-hydrogen) atoms. The van der Waals surface area contributed by atoms with Gasteiger partial charge in [0.05, 0.1) is 20.3 Å². The van der Waals surface area contributed by atoms with Crippen LogP contribution >= 0.6 is 0 Å². The molecule has 1 N–H and O–H groups in total. The minimum Gasteiger partial charge on any atom is -0.467 e. The summed E-state index contributed by atoms with van der Waals surface area (Å²) in [6, 6.07) is -0.684. The van der Waals surface area contributed by atoms with Gasteiger partial charge in [0.15, 0.2) is 0 Å². The fourth-order valence-electron chi connectivity index (χ4n) is 1.80. The van der Waals surface area contributed by atoms with E-state index in [1.54, 1.807) is 0 Å². The predicted molar refractivity (Wildman–Crippen MR) is 79.0 cm³/mol. The lowest BCUT2D eigenvalue weighted by Gasteiger charge is -2.26. The Morgan fingerprint density at radius 1 is 1.10 bits per heavy atom. The van der Waals surface area contributed by atoms with Crippen LogP contribution in [-0.2, 0) is 23.8 Å². The minimum absolute atomic E-state index is 0.264. The maximum atomic E-state index is 11.7. The summed E-state index contributed by atoms with van der Waals surface area (Å²) < 4.78 is 15.4. The topological polar surface area (TPSA) is 77.1 Å². The van der Waals surface area contributed by atoms with Crippen LogP contribution in [0.5, 0.6) is 0 Å². The number of rotatable bonds is 12. The predicted octanol–water partition coefficient (Wildman–Crippen LogP) is 0.0391. The van der Waals surface area contributed by atoms with Gasteiger partial charge in [0.1, 0.15) is 6.04 Å². The molecule has 0 aliphatic heterocycles. The summed E-state index contributed by atoms with van der Waals surface area (Å²) in [6.07, 6.45) is 0. The van der Waals surface area contributed by atoms with Crippen molar-refractivity contribution in [2.45, 2.75) is 26.8 Å².